The van der Waals surface area contributed by atoms with Crippen LogP contribution in [0, 0.1) is 19.3 Å². The molecule has 0 aromatic carbocycles. The smallest absolute Gasteiger partial charge is 0.222 e. The summed E-state index contributed by atoms with van der Waals surface area (Å²) in [6.07, 6.45) is 6.36. The number of aromatic nitrogens is 2. The first-order chi connectivity index (χ1) is 6.69. The Balaban J connectivity index is 2.93. The molecule has 1 atom stereocenters. The fourth-order valence-electron chi connectivity index (χ4n) is 1.01. The van der Waals surface area contributed by atoms with Crippen molar-refractivity contribution < 1.29 is 4.74 Å². The summed E-state index contributed by atoms with van der Waals surface area (Å²) in [4.78, 5) is 8.04. The van der Waals surface area contributed by atoms with E-state index in [0.717, 1.165) is 11.4 Å². The lowest BCUT2D eigenvalue weighted by Gasteiger charge is -2.11. The van der Waals surface area contributed by atoms with Gasteiger partial charge in [0.15, 0.2) is 6.10 Å². The van der Waals surface area contributed by atoms with Crippen LogP contribution in [-0.4, -0.2) is 23.1 Å². The molecule has 14 heavy (non-hydrogen) atoms. The van der Waals surface area contributed by atoms with Crippen LogP contribution in [0.5, 0.6) is 5.88 Å². The van der Waals surface area contributed by atoms with Crippen molar-refractivity contribution in [3.63, 3.8) is 0 Å². The van der Waals surface area contributed by atoms with Gasteiger partial charge in [-0.05, 0) is 13.8 Å². The summed E-state index contributed by atoms with van der Waals surface area (Å²) >= 11 is 0. The Hall–Kier alpha value is -1.76. The number of rotatable bonds is 3. The minimum atomic E-state index is -0.284. The molecule has 0 aliphatic carbocycles. The fraction of sp³-hybridized carbons (Fsp3) is 0.400. The first-order valence-corrected chi connectivity index (χ1v) is 4.31. The normalized spacial score (nSPS) is 11.6. The maximum atomic E-state index is 5.41. The van der Waals surface area contributed by atoms with E-state index in [1.807, 2.05) is 6.92 Å². The van der Waals surface area contributed by atoms with Gasteiger partial charge < -0.3 is 10.1 Å². The van der Waals surface area contributed by atoms with Crippen LogP contribution in [0.4, 0.5) is 5.82 Å². The maximum absolute atomic E-state index is 5.41. The Morgan fingerprint density at radius 2 is 2.29 bits per heavy atom. The van der Waals surface area contributed by atoms with Gasteiger partial charge in [0, 0.05) is 7.05 Å². The summed E-state index contributed by atoms with van der Waals surface area (Å²) in [6, 6.07) is 0. The van der Waals surface area contributed by atoms with E-state index in [-0.39, 0.29) is 6.10 Å². The summed E-state index contributed by atoms with van der Waals surface area (Å²) in [6.45, 7) is 3.67. The van der Waals surface area contributed by atoms with Gasteiger partial charge in [-0.25, -0.2) is 9.97 Å². The molecule has 1 heterocycles. The average Bonchev–Trinajstić information content (AvgIpc) is 2.21. The van der Waals surface area contributed by atoms with E-state index >= 15 is 0 Å². The van der Waals surface area contributed by atoms with Gasteiger partial charge in [-0.15, -0.1) is 6.42 Å². The lowest BCUT2D eigenvalue weighted by atomic mass is 10.3. The lowest BCUT2D eigenvalue weighted by Crippen LogP contribution is -2.11. The quantitative estimate of drug-likeness (QED) is 0.730. The molecule has 1 aromatic heterocycles. The molecule has 1 unspecified atom stereocenters. The van der Waals surface area contributed by atoms with E-state index in [2.05, 4.69) is 21.2 Å². The Morgan fingerprint density at radius 1 is 1.57 bits per heavy atom. The molecule has 0 aliphatic rings. The van der Waals surface area contributed by atoms with E-state index in [4.69, 9.17) is 11.2 Å². The highest BCUT2D eigenvalue weighted by Gasteiger charge is 2.08. The number of ether oxygens (including phenoxy) is 1. The van der Waals surface area contributed by atoms with Crippen LogP contribution in [0.15, 0.2) is 6.33 Å². The van der Waals surface area contributed by atoms with Crippen LogP contribution in [0.3, 0.4) is 0 Å². The molecule has 0 saturated carbocycles. The first-order valence-electron chi connectivity index (χ1n) is 4.31. The van der Waals surface area contributed by atoms with Gasteiger partial charge in [0.1, 0.15) is 12.1 Å². The third-order valence-electron chi connectivity index (χ3n) is 1.80. The van der Waals surface area contributed by atoms with E-state index in [9.17, 15) is 0 Å². The summed E-state index contributed by atoms with van der Waals surface area (Å²) in [5, 5.41) is 2.94. The second kappa shape index (κ2) is 4.47. The van der Waals surface area contributed by atoms with Gasteiger partial charge >= 0.3 is 0 Å². The standard InChI is InChI=1S/C10H13N3O/c1-5-7(2)14-10-8(3)9(11-4)12-6-13-10/h1,6-7H,2-4H3,(H,11,12,13). The summed E-state index contributed by atoms with van der Waals surface area (Å²) in [7, 11) is 1.80. The lowest BCUT2D eigenvalue weighted by molar-refractivity contribution is 0.265. The number of nitrogens with zero attached hydrogens (tertiary/aromatic N) is 2. The Morgan fingerprint density at radius 3 is 2.86 bits per heavy atom. The van der Waals surface area contributed by atoms with Gasteiger partial charge in [-0.1, -0.05) is 5.92 Å². The van der Waals surface area contributed by atoms with Gasteiger partial charge in [0.2, 0.25) is 5.88 Å². The van der Waals surface area contributed by atoms with Crippen LogP contribution in [0.2, 0.25) is 0 Å². The van der Waals surface area contributed by atoms with Crippen molar-refractivity contribution in [3.8, 4) is 18.2 Å². The minimum absolute atomic E-state index is 0.284. The molecule has 1 N–H and O–H groups in total. The highest BCUT2D eigenvalue weighted by Crippen LogP contribution is 2.20. The van der Waals surface area contributed by atoms with Crippen molar-refractivity contribution in [2.75, 3.05) is 12.4 Å². The molecule has 0 aliphatic heterocycles. The first kappa shape index (κ1) is 10.3. The van der Waals surface area contributed by atoms with Crippen LogP contribution in [-0.2, 0) is 0 Å². The molecule has 0 amide bonds. The van der Waals surface area contributed by atoms with Crippen LogP contribution in [0.1, 0.15) is 12.5 Å². The summed E-state index contributed by atoms with van der Waals surface area (Å²) < 4.78 is 5.41. The highest BCUT2D eigenvalue weighted by molar-refractivity contribution is 5.47. The predicted molar refractivity (Wildman–Crippen MR) is 55.2 cm³/mol. The zero-order valence-corrected chi connectivity index (χ0v) is 8.53. The zero-order chi connectivity index (χ0) is 10.6. The molecule has 0 bridgehead atoms. The molecule has 0 fully saturated rings. The molecule has 1 aromatic rings. The molecule has 0 spiro atoms. The second-order valence-electron chi connectivity index (χ2n) is 2.83. The van der Waals surface area contributed by atoms with E-state index in [1.165, 1.54) is 6.33 Å². The van der Waals surface area contributed by atoms with Gasteiger partial charge in [-0.2, -0.15) is 0 Å². The SMILES string of the molecule is C#CC(C)Oc1ncnc(NC)c1C. The van der Waals surface area contributed by atoms with Gasteiger partial charge in [0.05, 0.1) is 5.56 Å². The number of hydrogen-bond acceptors (Lipinski definition) is 4. The van der Waals surface area contributed by atoms with Crippen molar-refractivity contribution >= 4 is 5.82 Å². The fourth-order valence-corrected chi connectivity index (χ4v) is 1.01. The monoisotopic (exact) mass is 191 g/mol. The third-order valence-corrected chi connectivity index (χ3v) is 1.80. The number of hydrogen-bond donors (Lipinski definition) is 1. The van der Waals surface area contributed by atoms with E-state index in [0.29, 0.717) is 5.88 Å². The third kappa shape index (κ3) is 2.13. The van der Waals surface area contributed by atoms with Crippen LogP contribution in [0.25, 0.3) is 0 Å². The van der Waals surface area contributed by atoms with Crippen LogP contribution >= 0.6 is 0 Å². The zero-order valence-electron chi connectivity index (χ0n) is 8.53. The van der Waals surface area contributed by atoms with Crippen molar-refractivity contribution in [2.45, 2.75) is 20.0 Å². The molecule has 0 radical (unpaired) electrons. The highest BCUT2D eigenvalue weighted by atomic mass is 16.5. The molecule has 0 saturated heterocycles. The number of anilines is 1. The molecular weight excluding hydrogens is 178 g/mol. The van der Waals surface area contributed by atoms with Crippen molar-refractivity contribution in [3.05, 3.63) is 11.9 Å². The topological polar surface area (TPSA) is 47.0 Å². The Labute approximate surface area is 83.7 Å². The average molecular weight is 191 g/mol. The number of terminal acetylenes is 1. The van der Waals surface area contributed by atoms with Crippen molar-refractivity contribution in [1.29, 1.82) is 0 Å². The molecule has 4 nitrogen and oxygen atoms in total. The van der Waals surface area contributed by atoms with Crippen LogP contribution < -0.4 is 10.1 Å². The van der Waals surface area contributed by atoms with E-state index < -0.39 is 0 Å². The second-order valence-corrected chi connectivity index (χ2v) is 2.83. The molecular formula is C10H13N3O. The predicted octanol–water partition coefficient (Wildman–Crippen LogP) is 1.23. The van der Waals surface area contributed by atoms with Crippen molar-refractivity contribution in [1.82, 2.24) is 9.97 Å². The molecule has 74 valence electrons. The largest absolute Gasteiger partial charge is 0.461 e. The maximum Gasteiger partial charge on any atom is 0.222 e. The van der Waals surface area contributed by atoms with Crippen molar-refractivity contribution in [2.24, 2.45) is 0 Å². The molecule has 4 heteroatoms. The van der Waals surface area contributed by atoms with E-state index in [1.54, 1.807) is 14.0 Å². The molecule has 1 rings (SSSR count). The van der Waals surface area contributed by atoms with Gasteiger partial charge in [-0.3, -0.25) is 0 Å². The minimum Gasteiger partial charge on any atom is -0.461 e. The number of nitrogens with one attached hydrogen (secondary N) is 1. The van der Waals surface area contributed by atoms with Gasteiger partial charge in [0.25, 0.3) is 0 Å². The Kier molecular flexibility index (Phi) is 3.29. The summed E-state index contributed by atoms with van der Waals surface area (Å²) in [5.74, 6) is 3.75. The Bertz CT molecular complexity index is 357. The summed E-state index contributed by atoms with van der Waals surface area (Å²) in [5.41, 5.74) is 0.858.